The number of rotatable bonds is 3. The van der Waals surface area contributed by atoms with Gasteiger partial charge in [-0.25, -0.2) is 14.4 Å². The number of carbonyl (C=O) groups is 1. The number of nitrogens with one attached hydrogen (secondary N) is 2. The Morgan fingerprint density at radius 2 is 2.04 bits per heavy atom. The summed E-state index contributed by atoms with van der Waals surface area (Å²) in [5.74, 6) is -1.65. The zero-order valence-corrected chi connectivity index (χ0v) is 15.5. The Balaban J connectivity index is 1.67. The van der Waals surface area contributed by atoms with Gasteiger partial charge in [0.05, 0.1) is 23.4 Å². The minimum Gasteiger partial charge on any atom is -0.368 e. The number of halogens is 2. The topological polar surface area (TPSA) is 109 Å². The van der Waals surface area contributed by atoms with Gasteiger partial charge in [-0.1, -0.05) is 23.7 Å². The fraction of sp³-hybridized carbons (Fsp3) is 0.158. The van der Waals surface area contributed by atoms with Crippen molar-refractivity contribution in [3.63, 3.8) is 0 Å². The molecule has 0 spiro atoms. The van der Waals surface area contributed by atoms with E-state index in [2.05, 4.69) is 25.5 Å². The third-order valence-corrected chi connectivity index (χ3v) is 4.86. The number of amides is 1. The minimum atomic E-state index is -0.743. The van der Waals surface area contributed by atoms with Crippen LogP contribution < -0.4 is 11.1 Å². The number of carbonyl (C=O) groups excluding carboxylic acids is 1. The SMILES string of the molecule is CC1=NC(N)=NC(c2ccc(Cl)cc2)C1C(=O)Nc1cc2cn[nH]c2cc1F. The molecule has 142 valence electrons. The molecule has 2 atom stereocenters. The Bertz CT molecular complexity index is 1120. The number of nitrogens with two attached hydrogens (primary N) is 1. The summed E-state index contributed by atoms with van der Waals surface area (Å²) >= 11 is 5.96. The molecule has 1 aromatic heterocycles. The summed E-state index contributed by atoms with van der Waals surface area (Å²) in [6.07, 6.45) is 1.55. The van der Waals surface area contributed by atoms with Crippen LogP contribution in [0, 0.1) is 11.7 Å². The summed E-state index contributed by atoms with van der Waals surface area (Å²) in [7, 11) is 0. The monoisotopic (exact) mass is 398 g/mol. The molecule has 1 amide bonds. The van der Waals surface area contributed by atoms with Crippen molar-refractivity contribution in [3.05, 3.63) is 59.0 Å². The van der Waals surface area contributed by atoms with Crippen molar-refractivity contribution in [2.24, 2.45) is 21.6 Å². The quantitative estimate of drug-likeness (QED) is 0.628. The number of aromatic nitrogens is 2. The lowest BCUT2D eigenvalue weighted by molar-refractivity contribution is -0.118. The first-order valence-electron chi connectivity index (χ1n) is 8.50. The van der Waals surface area contributed by atoms with Crippen molar-refractivity contribution in [2.45, 2.75) is 13.0 Å². The summed E-state index contributed by atoms with van der Waals surface area (Å²) in [5.41, 5.74) is 7.66. The van der Waals surface area contributed by atoms with Crippen LogP contribution in [0.2, 0.25) is 5.02 Å². The summed E-state index contributed by atoms with van der Waals surface area (Å²) in [4.78, 5) is 21.5. The number of guanidine groups is 1. The maximum atomic E-state index is 14.4. The Hall–Kier alpha value is -3.26. The Morgan fingerprint density at radius 3 is 2.79 bits per heavy atom. The molecule has 2 unspecified atom stereocenters. The van der Waals surface area contributed by atoms with Gasteiger partial charge in [0.15, 0.2) is 0 Å². The molecule has 0 fully saturated rings. The van der Waals surface area contributed by atoms with Crippen molar-refractivity contribution in [1.82, 2.24) is 10.2 Å². The van der Waals surface area contributed by atoms with Gasteiger partial charge in [0, 0.05) is 22.2 Å². The molecule has 0 saturated carbocycles. The number of aromatic amines is 1. The molecule has 9 heteroatoms. The molecule has 2 heterocycles. The predicted molar refractivity (Wildman–Crippen MR) is 107 cm³/mol. The standard InChI is InChI=1S/C19H16ClFN6O/c1-9-16(17(26-19(22)24-9)10-2-4-12(20)5-3-10)18(28)25-15-6-11-8-23-27-14(11)7-13(15)21/h2-8,16-17H,1H3,(H2,22,26)(H,23,27)(H,25,28). The molecule has 0 bridgehead atoms. The lowest BCUT2D eigenvalue weighted by Crippen LogP contribution is -2.37. The first-order chi connectivity index (χ1) is 13.4. The highest BCUT2D eigenvalue weighted by Crippen LogP contribution is 2.32. The van der Waals surface area contributed by atoms with Crippen LogP contribution in [0.5, 0.6) is 0 Å². The summed E-state index contributed by atoms with van der Waals surface area (Å²) < 4.78 is 14.4. The van der Waals surface area contributed by atoms with E-state index >= 15 is 0 Å². The van der Waals surface area contributed by atoms with Gasteiger partial charge in [-0.3, -0.25) is 9.89 Å². The van der Waals surface area contributed by atoms with Crippen LogP contribution in [-0.4, -0.2) is 27.8 Å². The molecule has 0 radical (unpaired) electrons. The van der Waals surface area contributed by atoms with E-state index in [0.29, 0.717) is 21.6 Å². The maximum Gasteiger partial charge on any atom is 0.235 e. The highest BCUT2D eigenvalue weighted by atomic mass is 35.5. The van der Waals surface area contributed by atoms with Crippen molar-refractivity contribution in [1.29, 1.82) is 0 Å². The Kier molecular flexibility index (Phi) is 4.56. The first kappa shape index (κ1) is 18.1. The molecular formula is C19H16ClFN6O. The summed E-state index contributed by atoms with van der Waals surface area (Å²) in [6.45, 7) is 1.70. The second-order valence-electron chi connectivity index (χ2n) is 6.49. The van der Waals surface area contributed by atoms with E-state index in [0.717, 1.165) is 5.56 Å². The first-order valence-corrected chi connectivity index (χ1v) is 8.87. The second-order valence-corrected chi connectivity index (χ2v) is 6.93. The molecule has 28 heavy (non-hydrogen) atoms. The van der Waals surface area contributed by atoms with Gasteiger partial charge in [-0.05, 0) is 30.7 Å². The fourth-order valence-corrected chi connectivity index (χ4v) is 3.38. The molecule has 0 saturated heterocycles. The zero-order valence-electron chi connectivity index (χ0n) is 14.8. The number of hydrogen-bond donors (Lipinski definition) is 3. The van der Waals surface area contributed by atoms with Gasteiger partial charge in [0.25, 0.3) is 0 Å². The van der Waals surface area contributed by atoms with E-state index in [1.54, 1.807) is 37.4 Å². The van der Waals surface area contributed by atoms with Crippen LogP contribution in [0.15, 0.2) is 52.6 Å². The van der Waals surface area contributed by atoms with Crippen LogP contribution in [0.25, 0.3) is 10.9 Å². The molecule has 7 nitrogen and oxygen atoms in total. The number of hydrogen-bond acceptors (Lipinski definition) is 5. The van der Waals surface area contributed by atoms with Crippen molar-refractivity contribution >= 4 is 45.8 Å². The molecule has 4 N–H and O–H groups in total. The van der Waals surface area contributed by atoms with E-state index in [9.17, 15) is 9.18 Å². The van der Waals surface area contributed by atoms with Crippen molar-refractivity contribution in [3.8, 4) is 0 Å². The third kappa shape index (κ3) is 3.34. The van der Waals surface area contributed by atoms with E-state index in [1.165, 1.54) is 12.1 Å². The van der Waals surface area contributed by atoms with Gasteiger partial charge < -0.3 is 11.1 Å². The predicted octanol–water partition coefficient (Wildman–Crippen LogP) is 3.44. The number of aliphatic imine (C=N–C) groups is 2. The Morgan fingerprint density at radius 1 is 1.29 bits per heavy atom. The van der Waals surface area contributed by atoms with Gasteiger partial charge in [0.1, 0.15) is 11.7 Å². The van der Waals surface area contributed by atoms with E-state index in [-0.39, 0.29) is 11.6 Å². The average Bonchev–Trinajstić information content (AvgIpc) is 3.09. The molecule has 2 aromatic carbocycles. The number of H-pyrrole nitrogens is 1. The van der Waals surface area contributed by atoms with Gasteiger partial charge in [-0.2, -0.15) is 5.10 Å². The molecule has 4 rings (SSSR count). The van der Waals surface area contributed by atoms with Crippen molar-refractivity contribution < 1.29 is 9.18 Å². The van der Waals surface area contributed by atoms with Gasteiger partial charge in [-0.15, -0.1) is 0 Å². The van der Waals surface area contributed by atoms with Crippen LogP contribution >= 0.6 is 11.6 Å². The number of benzene rings is 2. The Labute approximate surface area is 164 Å². The molecule has 1 aliphatic heterocycles. The number of anilines is 1. The zero-order chi connectivity index (χ0) is 19.8. The lowest BCUT2D eigenvalue weighted by Gasteiger charge is -2.27. The minimum absolute atomic E-state index is 0.0593. The summed E-state index contributed by atoms with van der Waals surface area (Å²) in [6, 6.07) is 9.20. The molecule has 1 aliphatic rings. The van der Waals surface area contributed by atoms with E-state index < -0.39 is 23.7 Å². The van der Waals surface area contributed by atoms with E-state index in [1.807, 2.05) is 0 Å². The fourth-order valence-electron chi connectivity index (χ4n) is 3.26. The number of nitrogens with zero attached hydrogens (tertiary/aromatic N) is 3. The smallest absolute Gasteiger partial charge is 0.235 e. The van der Waals surface area contributed by atoms with Crippen LogP contribution in [-0.2, 0) is 4.79 Å². The largest absolute Gasteiger partial charge is 0.368 e. The van der Waals surface area contributed by atoms with E-state index in [4.69, 9.17) is 17.3 Å². The highest BCUT2D eigenvalue weighted by molar-refractivity contribution is 6.30. The summed E-state index contributed by atoms with van der Waals surface area (Å²) in [5, 5.41) is 10.4. The molecule has 3 aromatic rings. The number of fused-ring (bicyclic) bond motifs is 1. The van der Waals surface area contributed by atoms with Gasteiger partial charge >= 0.3 is 0 Å². The molecule has 0 aliphatic carbocycles. The lowest BCUT2D eigenvalue weighted by atomic mass is 9.88. The highest BCUT2D eigenvalue weighted by Gasteiger charge is 2.35. The van der Waals surface area contributed by atoms with Gasteiger partial charge in [0.2, 0.25) is 11.9 Å². The van der Waals surface area contributed by atoms with Crippen molar-refractivity contribution in [2.75, 3.05) is 5.32 Å². The second kappa shape index (κ2) is 7.05. The maximum absolute atomic E-state index is 14.4. The normalized spacial score (nSPS) is 19.2. The van der Waals surface area contributed by atoms with Crippen LogP contribution in [0.3, 0.4) is 0 Å². The van der Waals surface area contributed by atoms with Crippen LogP contribution in [0.1, 0.15) is 18.5 Å². The molecular weight excluding hydrogens is 383 g/mol. The average molecular weight is 399 g/mol. The third-order valence-electron chi connectivity index (χ3n) is 4.61. The van der Waals surface area contributed by atoms with Crippen LogP contribution in [0.4, 0.5) is 10.1 Å².